The van der Waals surface area contributed by atoms with Crippen molar-refractivity contribution in [3.8, 4) is 0 Å². The number of carbonyl (C=O) groups excluding carboxylic acids is 1. The lowest BCUT2D eigenvalue weighted by Crippen LogP contribution is -2.32. The van der Waals surface area contributed by atoms with Crippen LogP contribution in [-0.2, 0) is 11.3 Å². The van der Waals surface area contributed by atoms with E-state index in [0.29, 0.717) is 11.6 Å². The van der Waals surface area contributed by atoms with Crippen LogP contribution in [0.1, 0.15) is 18.1 Å². The highest BCUT2D eigenvalue weighted by atomic mass is 35.5. The van der Waals surface area contributed by atoms with Gasteiger partial charge in [0, 0.05) is 23.5 Å². The van der Waals surface area contributed by atoms with Crippen LogP contribution in [0, 0.1) is 6.92 Å². The highest BCUT2D eigenvalue weighted by Gasteiger charge is 2.18. The quantitative estimate of drug-likeness (QED) is 0.733. The van der Waals surface area contributed by atoms with Crippen LogP contribution in [0.25, 0.3) is 0 Å². The monoisotopic (exact) mass is 333 g/mol. The Morgan fingerprint density at radius 3 is 2.32 bits per heavy atom. The number of nitrogens with zero attached hydrogens (tertiary/aromatic N) is 1. The normalized spacial score (nSPS) is 12.0. The van der Waals surface area contributed by atoms with E-state index in [1.54, 1.807) is 16.7 Å². The Morgan fingerprint density at radius 2 is 1.73 bits per heavy atom. The van der Waals surface area contributed by atoms with Gasteiger partial charge in [-0.15, -0.1) is 11.8 Å². The Morgan fingerprint density at radius 1 is 1.14 bits per heavy atom. The van der Waals surface area contributed by atoms with Gasteiger partial charge in [0.05, 0.1) is 5.25 Å². The van der Waals surface area contributed by atoms with E-state index in [1.807, 2.05) is 38.2 Å². The minimum Gasteiger partial charge on any atom is -0.340 e. The van der Waals surface area contributed by atoms with E-state index < -0.39 is 0 Å². The Hall–Kier alpha value is -1.45. The number of carbonyl (C=O) groups is 1. The van der Waals surface area contributed by atoms with Gasteiger partial charge in [-0.3, -0.25) is 4.79 Å². The predicted molar refractivity (Wildman–Crippen MR) is 94.4 cm³/mol. The molecule has 2 nitrogen and oxygen atoms in total. The first-order valence-electron chi connectivity index (χ1n) is 7.18. The molecule has 0 heterocycles. The average Bonchev–Trinajstić information content (AvgIpc) is 2.51. The van der Waals surface area contributed by atoms with Gasteiger partial charge in [-0.2, -0.15) is 0 Å². The fourth-order valence-corrected chi connectivity index (χ4v) is 3.23. The predicted octanol–water partition coefficient (Wildman–Crippen LogP) is 4.79. The maximum atomic E-state index is 12.5. The Kier molecular flexibility index (Phi) is 5.92. The Bertz CT molecular complexity index is 569. The lowest BCUT2D eigenvalue weighted by atomic mass is 10.2. The molecule has 2 aromatic rings. The summed E-state index contributed by atoms with van der Waals surface area (Å²) in [5.74, 6) is 0.125. The van der Waals surface area contributed by atoms with Gasteiger partial charge in [0.2, 0.25) is 5.91 Å². The second-order valence-corrected chi connectivity index (χ2v) is 7.24. The summed E-state index contributed by atoms with van der Waals surface area (Å²) in [5, 5.41) is 0.598. The van der Waals surface area contributed by atoms with Gasteiger partial charge < -0.3 is 4.90 Å². The largest absolute Gasteiger partial charge is 0.340 e. The molecular formula is C18H20ClNOS. The summed E-state index contributed by atoms with van der Waals surface area (Å²) in [6.45, 7) is 4.60. The number of rotatable bonds is 5. The SMILES string of the molecule is Cc1ccc(SC(C)C(=O)N(C)Cc2ccc(Cl)cc2)cc1. The van der Waals surface area contributed by atoms with Gasteiger partial charge in [-0.05, 0) is 43.7 Å². The van der Waals surface area contributed by atoms with Crippen molar-refractivity contribution in [1.82, 2.24) is 4.90 Å². The van der Waals surface area contributed by atoms with Gasteiger partial charge in [0.1, 0.15) is 0 Å². The van der Waals surface area contributed by atoms with Crippen LogP contribution in [0.3, 0.4) is 0 Å². The van der Waals surface area contributed by atoms with Crippen LogP contribution < -0.4 is 0 Å². The zero-order chi connectivity index (χ0) is 16.1. The van der Waals surface area contributed by atoms with Crippen LogP contribution >= 0.6 is 23.4 Å². The van der Waals surface area contributed by atoms with Crippen molar-refractivity contribution in [2.45, 2.75) is 30.5 Å². The first-order valence-corrected chi connectivity index (χ1v) is 8.44. The zero-order valence-electron chi connectivity index (χ0n) is 13.0. The van der Waals surface area contributed by atoms with Crippen LogP contribution in [0.2, 0.25) is 5.02 Å². The minimum atomic E-state index is -0.111. The van der Waals surface area contributed by atoms with Gasteiger partial charge in [0.25, 0.3) is 0 Å². The molecule has 2 rings (SSSR count). The molecule has 2 aromatic carbocycles. The molecule has 0 spiro atoms. The maximum absolute atomic E-state index is 12.5. The first-order chi connectivity index (χ1) is 10.5. The average molecular weight is 334 g/mol. The van der Waals surface area contributed by atoms with Crippen LogP contribution in [0.4, 0.5) is 0 Å². The third-order valence-corrected chi connectivity index (χ3v) is 4.74. The Labute approximate surface area is 141 Å². The molecule has 4 heteroatoms. The van der Waals surface area contributed by atoms with Crippen LogP contribution in [-0.4, -0.2) is 23.1 Å². The van der Waals surface area contributed by atoms with Crippen LogP contribution in [0.15, 0.2) is 53.4 Å². The fraction of sp³-hybridized carbons (Fsp3) is 0.278. The lowest BCUT2D eigenvalue weighted by molar-refractivity contribution is -0.129. The van der Waals surface area contributed by atoms with E-state index >= 15 is 0 Å². The molecule has 0 aliphatic rings. The molecule has 22 heavy (non-hydrogen) atoms. The molecule has 0 aliphatic heterocycles. The molecule has 1 unspecified atom stereocenters. The second-order valence-electron chi connectivity index (χ2n) is 5.39. The molecule has 116 valence electrons. The first kappa shape index (κ1) is 16.9. The van der Waals surface area contributed by atoms with Crippen molar-refractivity contribution < 1.29 is 4.79 Å². The standard InChI is InChI=1S/C18H20ClNOS/c1-13-4-10-17(11-5-13)22-14(2)18(21)20(3)12-15-6-8-16(19)9-7-15/h4-11,14H,12H2,1-3H3. The highest BCUT2D eigenvalue weighted by molar-refractivity contribution is 8.00. The fourth-order valence-electron chi connectivity index (χ4n) is 2.12. The summed E-state index contributed by atoms with van der Waals surface area (Å²) < 4.78 is 0. The molecule has 0 N–H and O–H groups in total. The molecular weight excluding hydrogens is 314 g/mol. The van der Waals surface area contributed by atoms with Gasteiger partial charge in [0.15, 0.2) is 0 Å². The second kappa shape index (κ2) is 7.70. The molecule has 0 fully saturated rings. The maximum Gasteiger partial charge on any atom is 0.235 e. The van der Waals surface area contributed by atoms with E-state index in [2.05, 4.69) is 31.2 Å². The molecule has 0 aliphatic carbocycles. The van der Waals surface area contributed by atoms with E-state index in [9.17, 15) is 4.79 Å². The summed E-state index contributed by atoms with van der Waals surface area (Å²) in [6.07, 6.45) is 0. The summed E-state index contributed by atoms with van der Waals surface area (Å²) in [5.41, 5.74) is 2.30. The smallest absolute Gasteiger partial charge is 0.235 e. The number of hydrogen-bond donors (Lipinski definition) is 0. The molecule has 0 aromatic heterocycles. The van der Waals surface area contributed by atoms with E-state index in [0.717, 1.165) is 10.5 Å². The number of benzene rings is 2. The minimum absolute atomic E-state index is 0.111. The molecule has 1 amide bonds. The van der Waals surface area contributed by atoms with E-state index in [1.165, 1.54) is 5.56 Å². The third kappa shape index (κ3) is 4.79. The van der Waals surface area contributed by atoms with E-state index in [4.69, 9.17) is 11.6 Å². The van der Waals surface area contributed by atoms with Crippen molar-refractivity contribution >= 4 is 29.3 Å². The lowest BCUT2D eigenvalue weighted by Gasteiger charge is -2.21. The third-order valence-electron chi connectivity index (χ3n) is 3.39. The van der Waals surface area contributed by atoms with E-state index in [-0.39, 0.29) is 11.2 Å². The summed E-state index contributed by atoms with van der Waals surface area (Å²) in [4.78, 5) is 15.3. The zero-order valence-corrected chi connectivity index (χ0v) is 14.6. The molecule has 0 radical (unpaired) electrons. The Balaban J connectivity index is 1.94. The summed E-state index contributed by atoms with van der Waals surface area (Å²) in [7, 11) is 1.84. The molecule has 0 saturated carbocycles. The van der Waals surface area contributed by atoms with Crippen molar-refractivity contribution in [2.75, 3.05) is 7.05 Å². The number of amides is 1. The van der Waals surface area contributed by atoms with Crippen molar-refractivity contribution in [2.24, 2.45) is 0 Å². The van der Waals surface area contributed by atoms with Crippen molar-refractivity contribution in [3.05, 3.63) is 64.7 Å². The van der Waals surface area contributed by atoms with Crippen molar-refractivity contribution in [1.29, 1.82) is 0 Å². The molecule has 0 bridgehead atoms. The van der Waals surface area contributed by atoms with Gasteiger partial charge in [-0.25, -0.2) is 0 Å². The van der Waals surface area contributed by atoms with Crippen molar-refractivity contribution in [3.63, 3.8) is 0 Å². The summed E-state index contributed by atoms with van der Waals surface area (Å²) >= 11 is 7.47. The van der Waals surface area contributed by atoms with Crippen LogP contribution in [0.5, 0.6) is 0 Å². The number of hydrogen-bond acceptors (Lipinski definition) is 2. The molecule has 1 atom stereocenters. The number of aryl methyl sites for hydroxylation is 1. The number of thioether (sulfide) groups is 1. The highest BCUT2D eigenvalue weighted by Crippen LogP contribution is 2.25. The summed E-state index contributed by atoms with van der Waals surface area (Å²) in [6, 6.07) is 15.8. The number of halogens is 1. The molecule has 0 saturated heterocycles. The van der Waals surface area contributed by atoms with Gasteiger partial charge >= 0.3 is 0 Å². The topological polar surface area (TPSA) is 20.3 Å². The van der Waals surface area contributed by atoms with Gasteiger partial charge in [-0.1, -0.05) is 41.4 Å².